The van der Waals surface area contributed by atoms with Crippen LogP contribution in [0.5, 0.6) is 0 Å². The van der Waals surface area contributed by atoms with Crippen LogP contribution in [0.1, 0.15) is 41.2 Å². The summed E-state index contributed by atoms with van der Waals surface area (Å²) in [5.74, 6) is -0.201. The minimum Gasteiger partial charge on any atom is -0.459 e. The molecule has 0 bridgehead atoms. The first-order valence-corrected chi connectivity index (χ1v) is 9.62. The number of carbonyl (C=O) groups excluding carboxylic acids is 2. The lowest BCUT2D eigenvalue weighted by atomic mass is 10.2. The van der Waals surface area contributed by atoms with E-state index in [2.05, 4.69) is 29.4 Å². The molecular formula is C21H27N3O4. The molecule has 1 saturated heterocycles. The van der Waals surface area contributed by atoms with Gasteiger partial charge in [-0.1, -0.05) is 0 Å². The highest BCUT2D eigenvalue weighted by molar-refractivity contribution is 6.02. The lowest BCUT2D eigenvalue weighted by Gasteiger charge is -2.35. The van der Waals surface area contributed by atoms with Gasteiger partial charge in [-0.25, -0.2) is 0 Å². The van der Waals surface area contributed by atoms with Gasteiger partial charge in [0.05, 0.1) is 18.5 Å². The molecule has 2 aromatic rings. The zero-order valence-corrected chi connectivity index (χ0v) is 16.3. The smallest absolute Gasteiger partial charge is 0.291 e. The Morgan fingerprint density at radius 3 is 2.43 bits per heavy atom. The minimum atomic E-state index is -0.325. The Morgan fingerprint density at radius 2 is 1.79 bits per heavy atom. The lowest BCUT2D eigenvalue weighted by molar-refractivity contribution is -0.0680. The van der Waals surface area contributed by atoms with Crippen LogP contribution in [0.4, 0.5) is 5.69 Å². The average molecular weight is 385 g/mol. The van der Waals surface area contributed by atoms with Gasteiger partial charge in [-0.3, -0.25) is 14.5 Å². The first-order chi connectivity index (χ1) is 13.5. The van der Waals surface area contributed by atoms with Crippen LogP contribution in [-0.2, 0) is 4.74 Å². The Morgan fingerprint density at radius 1 is 1.07 bits per heavy atom. The van der Waals surface area contributed by atoms with Crippen molar-refractivity contribution in [3.05, 3.63) is 54.0 Å². The molecule has 2 N–H and O–H groups in total. The molecule has 0 unspecified atom stereocenters. The standard InChI is InChI=1S/C21H27N3O4/c1-15-13-24(14-16(2)28-15)11-4-10-22-20(25)17-6-8-18(9-7-17)23-21(26)19-5-3-12-27-19/h3,5-9,12,15-16H,4,10-11,13-14H2,1-2H3,(H,22,25)(H,23,26)/t15-,16+. The molecule has 0 radical (unpaired) electrons. The molecule has 7 heteroatoms. The van der Waals surface area contributed by atoms with Gasteiger partial charge >= 0.3 is 0 Å². The molecule has 0 aliphatic carbocycles. The number of amides is 2. The molecule has 1 aromatic carbocycles. The molecule has 2 heterocycles. The minimum absolute atomic E-state index is 0.118. The number of anilines is 1. The van der Waals surface area contributed by atoms with Crippen LogP contribution in [0.3, 0.4) is 0 Å². The van der Waals surface area contributed by atoms with E-state index in [9.17, 15) is 9.59 Å². The fourth-order valence-corrected chi connectivity index (χ4v) is 3.38. The summed E-state index contributed by atoms with van der Waals surface area (Å²) in [7, 11) is 0. The molecule has 2 atom stereocenters. The van der Waals surface area contributed by atoms with Crippen molar-refractivity contribution in [1.29, 1.82) is 0 Å². The molecule has 7 nitrogen and oxygen atoms in total. The molecule has 3 rings (SSSR count). The van der Waals surface area contributed by atoms with E-state index in [4.69, 9.17) is 9.15 Å². The number of rotatable bonds is 7. The topological polar surface area (TPSA) is 83.8 Å². The Kier molecular flexibility index (Phi) is 6.84. The van der Waals surface area contributed by atoms with E-state index in [1.165, 1.54) is 6.26 Å². The van der Waals surface area contributed by atoms with Gasteiger partial charge in [0.25, 0.3) is 11.8 Å². The zero-order chi connectivity index (χ0) is 19.9. The number of benzene rings is 1. The molecule has 2 amide bonds. The quantitative estimate of drug-likeness (QED) is 0.716. The van der Waals surface area contributed by atoms with Gasteiger partial charge in [0.2, 0.25) is 0 Å². The monoisotopic (exact) mass is 385 g/mol. The van der Waals surface area contributed by atoms with E-state index < -0.39 is 0 Å². The van der Waals surface area contributed by atoms with Crippen molar-refractivity contribution in [3.63, 3.8) is 0 Å². The van der Waals surface area contributed by atoms with Crippen LogP contribution in [0, 0.1) is 0 Å². The Bertz CT molecular complexity index is 763. The summed E-state index contributed by atoms with van der Waals surface area (Å²) in [5, 5.41) is 5.67. The van der Waals surface area contributed by atoms with Gasteiger partial charge in [0.1, 0.15) is 0 Å². The highest BCUT2D eigenvalue weighted by Gasteiger charge is 2.21. The predicted octanol–water partition coefficient (Wildman–Crippen LogP) is 2.76. The van der Waals surface area contributed by atoms with Crippen LogP contribution in [-0.4, -0.2) is 55.1 Å². The summed E-state index contributed by atoms with van der Waals surface area (Å²) in [6.45, 7) is 7.61. The van der Waals surface area contributed by atoms with Crippen molar-refractivity contribution in [1.82, 2.24) is 10.2 Å². The van der Waals surface area contributed by atoms with Gasteiger partial charge in [-0.05, 0) is 56.7 Å². The van der Waals surface area contributed by atoms with Crippen molar-refractivity contribution in [2.75, 3.05) is 31.5 Å². The van der Waals surface area contributed by atoms with Crippen molar-refractivity contribution in [3.8, 4) is 0 Å². The van der Waals surface area contributed by atoms with E-state index >= 15 is 0 Å². The number of ether oxygens (including phenoxy) is 1. The van der Waals surface area contributed by atoms with Gasteiger partial charge in [-0.2, -0.15) is 0 Å². The van der Waals surface area contributed by atoms with Gasteiger partial charge < -0.3 is 19.8 Å². The molecule has 150 valence electrons. The first kappa shape index (κ1) is 20.1. The van der Waals surface area contributed by atoms with Gasteiger partial charge in [-0.15, -0.1) is 0 Å². The number of nitrogens with zero attached hydrogens (tertiary/aromatic N) is 1. The van der Waals surface area contributed by atoms with E-state index in [0.717, 1.165) is 26.1 Å². The maximum Gasteiger partial charge on any atom is 0.291 e. The number of hydrogen-bond donors (Lipinski definition) is 2. The molecule has 1 aliphatic heterocycles. The van der Waals surface area contributed by atoms with Crippen molar-refractivity contribution in [2.45, 2.75) is 32.5 Å². The maximum atomic E-state index is 12.3. The molecule has 1 aromatic heterocycles. The summed E-state index contributed by atoms with van der Waals surface area (Å²) in [6, 6.07) is 10.0. The second-order valence-electron chi connectivity index (χ2n) is 7.14. The van der Waals surface area contributed by atoms with Crippen molar-refractivity contribution >= 4 is 17.5 Å². The zero-order valence-electron chi connectivity index (χ0n) is 16.3. The maximum absolute atomic E-state index is 12.3. The molecule has 1 fully saturated rings. The summed E-state index contributed by atoms with van der Waals surface area (Å²) in [6.07, 6.45) is 2.85. The van der Waals surface area contributed by atoms with Crippen molar-refractivity contribution < 1.29 is 18.7 Å². The Hall–Kier alpha value is -2.64. The summed E-state index contributed by atoms with van der Waals surface area (Å²) < 4.78 is 10.8. The summed E-state index contributed by atoms with van der Waals surface area (Å²) in [4.78, 5) is 26.6. The van der Waals surface area contributed by atoms with Gasteiger partial charge in [0.15, 0.2) is 5.76 Å². The average Bonchev–Trinajstić information content (AvgIpc) is 3.20. The molecular weight excluding hydrogens is 358 g/mol. The molecule has 1 aliphatic rings. The van der Waals surface area contributed by atoms with Crippen LogP contribution >= 0.6 is 0 Å². The lowest BCUT2D eigenvalue weighted by Crippen LogP contribution is -2.46. The van der Waals surface area contributed by atoms with E-state index in [0.29, 0.717) is 17.8 Å². The fraction of sp³-hybridized carbons (Fsp3) is 0.429. The first-order valence-electron chi connectivity index (χ1n) is 9.62. The predicted molar refractivity (Wildman–Crippen MR) is 107 cm³/mol. The largest absolute Gasteiger partial charge is 0.459 e. The second kappa shape index (κ2) is 9.52. The second-order valence-corrected chi connectivity index (χ2v) is 7.14. The molecule has 0 spiro atoms. The number of hydrogen-bond acceptors (Lipinski definition) is 5. The number of furan rings is 1. The normalized spacial score (nSPS) is 19.9. The molecule has 0 saturated carbocycles. The third-order valence-corrected chi connectivity index (χ3v) is 4.58. The number of nitrogens with one attached hydrogen (secondary N) is 2. The van der Waals surface area contributed by atoms with Crippen molar-refractivity contribution in [2.24, 2.45) is 0 Å². The summed E-state index contributed by atoms with van der Waals surface area (Å²) in [5.41, 5.74) is 1.16. The number of carbonyl (C=O) groups is 2. The van der Waals surface area contributed by atoms with Crippen LogP contribution in [0.15, 0.2) is 47.1 Å². The summed E-state index contributed by atoms with van der Waals surface area (Å²) >= 11 is 0. The fourth-order valence-electron chi connectivity index (χ4n) is 3.38. The van der Waals surface area contributed by atoms with E-state index in [-0.39, 0.29) is 29.8 Å². The Labute approximate surface area is 165 Å². The number of morpholine rings is 1. The van der Waals surface area contributed by atoms with Crippen LogP contribution in [0.2, 0.25) is 0 Å². The SMILES string of the molecule is C[C@@H]1CN(CCCNC(=O)c2ccc(NC(=O)c3ccco3)cc2)C[C@H](C)O1. The Balaban J connectivity index is 1.40. The highest BCUT2D eigenvalue weighted by atomic mass is 16.5. The third-order valence-electron chi connectivity index (χ3n) is 4.58. The third kappa shape index (κ3) is 5.68. The van der Waals surface area contributed by atoms with Crippen LogP contribution < -0.4 is 10.6 Å². The van der Waals surface area contributed by atoms with Crippen LogP contribution in [0.25, 0.3) is 0 Å². The molecule has 28 heavy (non-hydrogen) atoms. The van der Waals surface area contributed by atoms with E-state index in [1.54, 1.807) is 36.4 Å². The van der Waals surface area contributed by atoms with E-state index in [1.807, 2.05) is 0 Å². The van der Waals surface area contributed by atoms with Gasteiger partial charge in [0, 0.05) is 37.4 Å². The highest BCUT2D eigenvalue weighted by Crippen LogP contribution is 2.12.